The molecule has 2 aromatic heterocycles. The summed E-state index contributed by atoms with van der Waals surface area (Å²) in [5, 5.41) is 4.25. The van der Waals surface area contributed by atoms with Crippen LogP contribution < -0.4 is 4.74 Å². The molecule has 2 aliphatic heterocycles. The van der Waals surface area contributed by atoms with Crippen LogP contribution in [-0.2, 0) is 6.42 Å². The molecule has 1 saturated heterocycles. The summed E-state index contributed by atoms with van der Waals surface area (Å²) >= 11 is 0. The van der Waals surface area contributed by atoms with Crippen molar-refractivity contribution < 1.29 is 4.74 Å². The fraction of sp³-hybridized carbons (Fsp3) is 0.455. The predicted molar refractivity (Wildman–Crippen MR) is 104 cm³/mol. The third-order valence-electron chi connectivity index (χ3n) is 6.81. The summed E-state index contributed by atoms with van der Waals surface area (Å²) in [6.07, 6.45) is 11.2. The van der Waals surface area contributed by atoms with Crippen molar-refractivity contribution in [1.82, 2.24) is 19.5 Å². The molecule has 1 saturated carbocycles. The van der Waals surface area contributed by atoms with Crippen LogP contribution in [0.2, 0.25) is 0 Å². The van der Waals surface area contributed by atoms with Crippen LogP contribution in [-0.4, -0.2) is 44.2 Å². The lowest BCUT2D eigenvalue weighted by molar-refractivity contribution is -0.00746. The molecule has 27 heavy (non-hydrogen) atoms. The number of nitrogens with zero attached hydrogens (tertiary/aromatic N) is 4. The molecule has 3 aromatic rings. The van der Waals surface area contributed by atoms with Crippen LogP contribution in [0, 0.1) is 0 Å². The first-order chi connectivity index (χ1) is 13.3. The lowest BCUT2D eigenvalue weighted by Gasteiger charge is -2.45. The minimum absolute atomic E-state index is 0.0249. The molecule has 4 heterocycles. The topological polar surface area (TPSA) is 42.7 Å². The number of pyridine rings is 1. The van der Waals surface area contributed by atoms with Gasteiger partial charge in [-0.3, -0.25) is 0 Å². The van der Waals surface area contributed by atoms with Crippen molar-refractivity contribution in [2.24, 2.45) is 0 Å². The van der Waals surface area contributed by atoms with Gasteiger partial charge in [0.25, 0.3) is 0 Å². The molecule has 5 heteroatoms. The monoisotopic (exact) mass is 360 g/mol. The van der Waals surface area contributed by atoms with Crippen LogP contribution in [0.4, 0.5) is 0 Å². The number of likely N-dealkylation sites (tertiary alicyclic amines) is 1. The molecule has 0 radical (unpaired) electrons. The Morgan fingerprint density at radius 2 is 1.89 bits per heavy atom. The molecule has 2 fully saturated rings. The summed E-state index contributed by atoms with van der Waals surface area (Å²) in [5.74, 6) is 1.08. The van der Waals surface area contributed by atoms with E-state index in [1.54, 1.807) is 6.33 Å². The van der Waals surface area contributed by atoms with E-state index in [1.807, 2.05) is 16.8 Å². The van der Waals surface area contributed by atoms with E-state index in [0.29, 0.717) is 0 Å². The zero-order chi connectivity index (χ0) is 17.8. The van der Waals surface area contributed by atoms with Gasteiger partial charge in [0.15, 0.2) is 5.65 Å². The van der Waals surface area contributed by atoms with E-state index in [0.717, 1.165) is 42.3 Å². The maximum Gasteiger partial charge on any atom is 0.155 e. The van der Waals surface area contributed by atoms with Crippen LogP contribution in [0.15, 0.2) is 42.9 Å². The Kier molecular flexibility index (Phi) is 3.36. The van der Waals surface area contributed by atoms with Gasteiger partial charge in [-0.05, 0) is 48.2 Å². The first kappa shape index (κ1) is 15.6. The number of piperidine rings is 1. The number of hydrogen-bond acceptors (Lipinski definition) is 4. The molecule has 0 atom stereocenters. The zero-order valence-corrected chi connectivity index (χ0v) is 15.5. The standard InChI is InChI=1S/C22H24N4O/c1-2-19(3-1)25-10-8-22(9-11-25)13-18-12-16(4-6-20(18)27-22)17-5-7-21-23-15-24-26(21)14-17/h4-7,12,14-15,19H,1-3,8-11,13H2. The minimum Gasteiger partial charge on any atom is -0.487 e. The molecule has 1 spiro atoms. The van der Waals surface area contributed by atoms with Gasteiger partial charge >= 0.3 is 0 Å². The van der Waals surface area contributed by atoms with Crippen LogP contribution in [0.1, 0.15) is 37.7 Å². The largest absolute Gasteiger partial charge is 0.487 e. The quantitative estimate of drug-likeness (QED) is 0.699. The van der Waals surface area contributed by atoms with Crippen molar-refractivity contribution in [3.63, 3.8) is 0 Å². The highest BCUT2D eigenvalue weighted by Gasteiger charge is 2.43. The van der Waals surface area contributed by atoms with Crippen LogP contribution in [0.3, 0.4) is 0 Å². The maximum atomic E-state index is 6.51. The van der Waals surface area contributed by atoms with Crippen LogP contribution >= 0.6 is 0 Å². The van der Waals surface area contributed by atoms with Gasteiger partial charge in [0, 0.05) is 50.2 Å². The lowest BCUT2D eigenvalue weighted by Crippen LogP contribution is -2.52. The van der Waals surface area contributed by atoms with Gasteiger partial charge in [-0.1, -0.05) is 12.5 Å². The second kappa shape index (κ2) is 5.80. The van der Waals surface area contributed by atoms with Gasteiger partial charge in [0.05, 0.1) is 0 Å². The third-order valence-corrected chi connectivity index (χ3v) is 6.81. The Labute approximate surface area is 159 Å². The van der Waals surface area contributed by atoms with Crippen molar-refractivity contribution in [2.45, 2.75) is 50.2 Å². The number of ether oxygens (including phenoxy) is 1. The summed E-state index contributed by atoms with van der Waals surface area (Å²) in [6.45, 7) is 2.38. The van der Waals surface area contributed by atoms with Crippen LogP contribution in [0.5, 0.6) is 5.75 Å². The summed E-state index contributed by atoms with van der Waals surface area (Å²) < 4.78 is 8.34. The van der Waals surface area contributed by atoms with Gasteiger partial charge in [-0.25, -0.2) is 9.50 Å². The Morgan fingerprint density at radius 1 is 1.04 bits per heavy atom. The predicted octanol–water partition coefficient (Wildman–Crippen LogP) is 3.72. The normalized spacial score (nSPS) is 21.9. The van der Waals surface area contributed by atoms with Crippen molar-refractivity contribution >= 4 is 5.65 Å². The summed E-state index contributed by atoms with van der Waals surface area (Å²) in [7, 11) is 0. The van der Waals surface area contributed by atoms with E-state index >= 15 is 0 Å². The Morgan fingerprint density at radius 3 is 2.70 bits per heavy atom. The molecule has 0 bridgehead atoms. The van der Waals surface area contributed by atoms with E-state index in [9.17, 15) is 0 Å². The lowest BCUT2D eigenvalue weighted by atomic mass is 9.83. The summed E-state index contributed by atoms with van der Waals surface area (Å²) in [4.78, 5) is 6.92. The third kappa shape index (κ3) is 2.56. The van der Waals surface area contributed by atoms with Crippen molar-refractivity contribution in [3.8, 4) is 16.9 Å². The molecule has 138 valence electrons. The van der Waals surface area contributed by atoms with Crippen LogP contribution in [0.25, 0.3) is 16.8 Å². The van der Waals surface area contributed by atoms with Gasteiger partial charge in [0.1, 0.15) is 17.7 Å². The second-order valence-corrected chi connectivity index (χ2v) is 8.39. The average Bonchev–Trinajstić information content (AvgIpc) is 3.25. The van der Waals surface area contributed by atoms with E-state index < -0.39 is 0 Å². The summed E-state index contributed by atoms with van der Waals surface area (Å²) in [6, 6.07) is 11.6. The number of fused-ring (bicyclic) bond motifs is 2. The fourth-order valence-corrected chi connectivity index (χ4v) is 4.93. The highest BCUT2D eigenvalue weighted by Crippen LogP contribution is 2.43. The Bertz CT molecular complexity index is 998. The van der Waals surface area contributed by atoms with Crippen molar-refractivity contribution in [2.75, 3.05) is 13.1 Å². The van der Waals surface area contributed by atoms with Gasteiger partial charge in [-0.15, -0.1) is 0 Å². The first-order valence-corrected chi connectivity index (χ1v) is 10.1. The van der Waals surface area contributed by atoms with Crippen molar-refractivity contribution in [3.05, 3.63) is 48.4 Å². The first-order valence-electron chi connectivity index (χ1n) is 10.1. The maximum absolute atomic E-state index is 6.51. The Hall–Kier alpha value is -2.40. The van der Waals surface area contributed by atoms with Gasteiger partial charge in [0.2, 0.25) is 0 Å². The van der Waals surface area contributed by atoms with E-state index in [-0.39, 0.29) is 5.60 Å². The molecule has 0 N–H and O–H groups in total. The molecule has 5 nitrogen and oxygen atoms in total. The molecule has 0 unspecified atom stereocenters. The number of aromatic nitrogens is 3. The van der Waals surface area contributed by atoms with E-state index in [2.05, 4.69) is 39.2 Å². The van der Waals surface area contributed by atoms with Gasteiger partial charge in [-0.2, -0.15) is 5.10 Å². The Balaban J connectivity index is 1.24. The molecule has 1 aromatic carbocycles. The highest BCUT2D eigenvalue weighted by atomic mass is 16.5. The minimum atomic E-state index is 0.0249. The van der Waals surface area contributed by atoms with Crippen molar-refractivity contribution in [1.29, 1.82) is 0 Å². The summed E-state index contributed by atoms with van der Waals surface area (Å²) in [5.41, 5.74) is 4.64. The number of rotatable bonds is 2. The SMILES string of the molecule is c1nc2ccc(-c3ccc4c(c3)CC3(CCN(C5CCC5)CC3)O4)cn2n1. The van der Waals surface area contributed by atoms with E-state index in [4.69, 9.17) is 4.74 Å². The molecule has 0 amide bonds. The molecule has 3 aliphatic rings. The number of hydrogen-bond donors (Lipinski definition) is 0. The highest BCUT2D eigenvalue weighted by molar-refractivity contribution is 5.67. The van der Waals surface area contributed by atoms with E-state index in [1.165, 1.54) is 43.5 Å². The van der Waals surface area contributed by atoms with Gasteiger partial charge < -0.3 is 9.64 Å². The molecular weight excluding hydrogens is 336 g/mol. The zero-order valence-electron chi connectivity index (χ0n) is 15.5. The molecule has 1 aliphatic carbocycles. The second-order valence-electron chi connectivity index (χ2n) is 8.39. The fourth-order valence-electron chi connectivity index (χ4n) is 4.93. The molecular formula is C22H24N4O. The smallest absolute Gasteiger partial charge is 0.155 e. The average molecular weight is 360 g/mol. The number of benzene rings is 1. The molecule has 6 rings (SSSR count).